The lowest BCUT2D eigenvalue weighted by molar-refractivity contribution is 0.0924. The molecular formula is C30H40FN5O3. The molecule has 3 heterocycles. The third-order valence-corrected chi connectivity index (χ3v) is 9.99. The second kappa shape index (κ2) is 10.2. The van der Waals surface area contributed by atoms with Gasteiger partial charge in [-0.2, -0.15) is 5.10 Å². The number of aryl methyl sites for hydroxylation is 2. The number of nitrogens with zero attached hydrogens (tertiary/aromatic N) is 4. The summed E-state index contributed by atoms with van der Waals surface area (Å²) in [5.74, 6) is 0.725. The molecule has 1 saturated heterocycles. The molecule has 1 aromatic carbocycles. The van der Waals surface area contributed by atoms with Crippen molar-refractivity contribution in [1.82, 2.24) is 20.0 Å². The first-order valence-corrected chi connectivity index (χ1v) is 14.6. The number of piperidine rings is 1. The fourth-order valence-electron chi connectivity index (χ4n) is 7.82. The van der Waals surface area contributed by atoms with E-state index in [4.69, 9.17) is 4.74 Å². The van der Waals surface area contributed by atoms with E-state index in [1.165, 1.54) is 18.9 Å². The van der Waals surface area contributed by atoms with Crippen LogP contribution >= 0.6 is 0 Å². The highest BCUT2D eigenvalue weighted by Gasteiger charge is 2.48. The number of aromatic nitrogens is 2. The second-order valence-corrected chi connectivity index (χ2v) is 12.2. The minimum absolute atomic E-state index is 0.119. The minimum atomic E-state index is -0.293. The summed E-state index contributed by atoms with van der Waals surface area (Å²) in [7, 11) is 1.84. The first-order valence-electron chi connectivity index (χ1n) is 14.6. The van der Waals surface area contributed by atoms with Crippen LogP contribution in [0.3, 0.4) is 0 Å². The van der Waals surface area contributed by atoms with Crippen LogP contribution in [-0.2, 0) is 17.2 Å². The number of benzene rings is 1. The number of hydrogen-bond donors (Lipinski definition) is 1. The molecule has 3 saturated carbocycles. The summed E-state index contributed by atoms with van der Waals surface area (Å²) in [6.45, 7) is 6.59. The number of ether oxygens (including phenoxy) is 1. The van der Waals surface area contributed by atoms with Gasteiger partial charge in [0.2, 0.25) is 0 Å². The number of rotatable bonds is 4. The number of alkyl carbamates (subject to hydrolysis) is 1. The fourth-order valence-corrected chi connectivity index (χ4v) is 7.82. The molecule has 0 radical (unpaired) electrons. The van der Waals surface area contributed by atoms with E-state index in [-0.39, 0.29) is 29.3 Å². The minimum Gasteiger partial charge on any atom is -0.450 e. The van der Waals surface area contributed by atoms with Gasteiger partial charge in [0.15, 0.2) is 5.69 Å². The first kappa shape index (κ1) is 26.3. The zero-order chi connectivity index (χ0) is 27.3. The Balaban J connectivity index is 1.17. The van der Waals surface area contributed by atoms with Crippen molar-refractivity contribution in [1.29, 1.82) is 0 Å². The molecule has 210 valence electrons. The van der Waals surface area contributed by atoms with Crippen molar-refractivity contribution in [2.75, 3.05) is 31.1 Å². The molecule has 4 fully saturated rings. The average molecular weight is 538 g/mol. The number of hydrogen-bond acceptors (Lipinski definition) is 5. The molecule has 39 heavy (non-hydrogen) atoms. The van der Waals surface area contributed by atoms with Crippen LogP contribution in [0.15, 0.2) is 24.3 Å². The first-order chi connectivity index (χ1) is 18.8. The van der Waals surface area contributed by atoms with E-state index in [2.05, 4.69) is 15.3 Å². The van der Waals surface area contributed by atoms with Gasteiger partial charge in [-0.1, -0.05) is 0 Å². The van der Waals surface area contributed by atoms with Crippen molar-refractivity contribution < 1.29 is 18.7 Å². The number of carbonyl (C=O) groups excluding carboxylic acids is 2. The van der Waals surface area contributed by atoms with Crippen LogP contribution < -0.4 is 10.2 Å². The zero-order valence-electron chi connectivity index (χ0n) is 23.3. The third-order valence-electron chi connectivity index (χ3n) is 9.99. The molecule has 4 unspecified atom stereocenters. The Morgan fingerprint density at radius 3 is 2.67 bits per heavy atom. The Morgan fingerprint density at radius 1 is 1.15 bits per heavy atom. The van der Waals surface area contributed by atoms with Crippen molar-refractivity contribution in [2.24, 2.45) is 18.9 Å². The lowest BCUT2D eigenvalue weighted by Gasteiger charge is -2.43. The maximum atomic E-state index is 14.5. The Kier molecular flexibility index (Phi) is 6.90. The van der Waals surface area contributed by atoms with Gasteiger partial charge in [-0.15, -0.1) is 0 Å². The van der Waals surface area contributed by atoms with Gasteiger partial charge in [0, 0.05) is 42.5 Å². The van der Waals surface area contributed by atoms with Gasteiger partial charge in [0.1, 0.15) is 5.82 Å². The maximum absolute atomic E-state index is 14.5. The van der Waals surface area contributed by atoms with Crippen molar-refractivity contribution >= 4 is 17.7 Å². The van der Waals surface area contributed by atoms with Gasteiger partial charge in [-0.3, -0.25) is 9.48 Å². The molecule has 2 amide bonds. The lowest BCUT2D eigenvalue weighted by atomic mass is 9.74. The Morgan fingerprint density at radius 2 is 1.95 bits per heavy atom. The Labute approximate surface area is 229 Å². The predicted molar refractivity (Wildman–Crippen MR) is 146 cm³/mol. The van der Waals surface area contributed by atoms with E-state index in [0.717, 1.165) is 62.1 Å². The molecule has 2 aliphatic heterocycles. The Hall–Kier alpha value is -2.94. The smallest absolute Gasteiger partial charge is 0.407 e. The van der Waals surface area contributed by atoms with Crippen molar-refractivity contribution in [3.05, 3.63) is 47.0 Å². The molecule has 7 rings (SSSR count). The average Bonchev–Trinajstić information content (AvgIpc) is 3.23. The molecule has 5 aliphatic rings. The molecule has 1 spiro atoms. The number of halogens is 1. The standard InChI is InChI=1S/C30H40FN5O3/c1-4-39-29(38)32-25-15-20-5-6-21(25)16-23(14-20)35-11-9-30(10-12-35)18-36(27-8-7-22(31)17-24(27)30)28(37)26-13-19(2)34(3)33-26/h7-8,13,17,20-21,23,25H,4-6,9-12,14-16,18H2,1-3H3,(H,32,38). The van der Waals surface area contributed by atoms with Crippen LogP contribution in [0.1, 0.15) is 73.6 Å². The van der Waals surface area contributed by atoms with Gasteiger partial charge in [-0.05, 0) is 114 Å². The monoisotopic (exact) mass is 537 g/mol. The molecule has 8 nitrogen and oxygen atoms in total. The largest absolute Gasteiger partial charge is 0.450 e. The molecule has 2 bridgehead atoms. The summed E-state index contributed by atoms with van der Waals surface area (Å²) >= 11 is 0. The van der Waals surface area contributed by atoms with Crippen molar-refractivity contribution in [3.63, 3.8) is 0 Å². The summed E-state index contributed by atoms with van der Waals surface area (Å²) in [4.78, 5) is 30.2. The SMILES string of the molecule is CCOC(=O)NC1CC2CCC1CC(N1CCC3(CC1)CN(C(=O)c1cc(C)n(C)n1)c1ccc(F)cc13)C2. The predicted octanol–water partition coefficient (Wildman–Crippen LogP) is 4.56. The highest BCUT2D eigenvalue weighted by molar-refractivity contribution is 6.06. The summed E-state index contributed by atoms with van der Waals surface area (Å²) < 4.78 is 21.4. The van der Waals surface area contributed by atoms with E-state index in [9.17, 15) is 14.0 Å². The number of carbonyl (C=O) groups is 2. The fraction of sp³-hybridized carbons (Fsp3) is 0.633. The second-order valence-electron chi connectivity index (χ2n) is 12.2. The lowest BCUT2D eigenvalue weighted by Crippen LogP contribution is -2.49. The van der Waals surface area contributed by atoms with Crippen LogP contribution in [0.4, 0.5) is 14.9 Å². The third kappa shape index (κ3) is 4.83. The summed E-state index contributed by atoms with van der Waals surface area (Å²) in [5, 5.41) is 7.57. The zero-order valence-corrected chi connectivity index (χ0v) is 23.3. The van der Waals surface area contributed by atoms with Crippen LogP contribution in [0.25, 0.3) is 0 Å². The van der Waals surface area contributed by atoms with E-state index in [1.54, 1.807) is 16.8 Å². The highest BCUT2D eigenvalue weighted by Crippen LogP contribution is 2.49. The summed E-state index contributed by atoms with van der Waals surface area (Å²) in [6, 6.07) is 7.39. The van der Waals surface area contributed by atoms with Gasteiger partial charge >= 0.3 is 6.09 Å². The number of anilines is 1. The topological polar surface area (TPSA) is 79.7 Å². The van der Waals surface area contributed by atoms with Crippen molar-refractivity contribution in [2.45, 2.75) is 76.3 Å². The molecule has 4 atom stereocenters. The number of nitrogens with one attached hydrogen (secondary N) is 1. The summed E-state index contributed by atoms with van der Waals surface area (Å²) in [5.41, 5.74) is 2.89. The van der Waals surface area contributed by atoms with Gasteiger partial charge < -0.3 is 19.9 Å². The number of amides is 2. The molecule has 1 N–H and O–H groups in total. The number of fused-ring (bicyclic) bond motifs is 6. The molecular weight excluding hydrogens is 497 g/mol. The van der Waals surface area contributed by atoms with Crippen LogP contribution in [0, 0.1) is 24.6 Å². The van der Waals surface area contributed by atoms with E-state index in [0.29, 0.717) is 36.7 Å². The van der Waals surface area contributed by atoms with Gasteiger partial charge in [0.25, 0.3) is 5.91 Å². The molecule has 3 aliphatic carbocycles. The molecule has 1 aromatic heterocycles. The van der Waals surface area contributed by atoms with Crippen LogP contribution in [-0.4, -0.2) is 65.0 Å². The quantitative estimate of drug-likeness (QED) is 0.619. The normalized spacial score (nSPS) is 27.8. The van der Waals surface area contributed by atoms with E-state index < -0.39 is 0 Å². The van der Waals surface area contributed by atoms with E-state index >= 15 is 0 Å². The number of likely N-dealkylation sites (tertiary alicyclic amines) is 1. The maximum Gasteiger partial charge on any atom is 0.407 e. The van der Waals surface area contributed by atoms with Gasteiger partial charge in [0.05, 0.1) is 6.61 Å². The Bertz CT molecular complexity index is 1230. The van der Waals surface area contributed by atoms with Crippen molar-refractivity contribution in [3.8, 4) is 0 Å². The molecule has 2 aromatic rings. The van der Waals surface area contributed by atoms with Crippen LogP contribution in [0.5, 0.6) is 0 Å². The highest BCUT2D eigenvalue weighted by atomic mass is 19.1. The van der Waals surface area contributed by atoms with E-state index in [1.807, 2.05) is 31.9 Å². The molecule has 9 heteroatoms. The van der Waals surface area contributed by atoms with Gasteiger partial charge in [-0.25, -0.2) is 9.18 Å². The van der Waals surface area contributed by atoms with Crippen LogP contribution in [0.2, 0.25) is 0 Å². The summed E-state index contributed by atoms with van der Waals surface area (Å²) in [6.07, 6.45) is 7.18.